The number of rotatable bonds is 7. The summed E-state index contributed by atoms with van der Waals surface area (Å²) in [7, 11) is -4.07. The lowest BCUT2D eigenvalue weighted by Crippen LogP contribution is -2.22. The van der Waals surface area contributed by atoms with Gasteiger partial charge in [-0.15, -0.1) is 0 Å². The molecule has 1 atom stereocenters. The van der Waals surface area contributed by atoms with Crippen molar-refractivity contribution in [3.05, 3.63) is 78.3 Å². The number of aromatic nitrogens is 3. The summed E-state index contributed by atoms with van der Waals surface area (Å²) in [6.45, 7) is 1.56. The minimum atomic E-state index is -4.07. The van der Waals surface area contributed by atoms with E-state index in [1.165, 1.54) is 0 Å². The van der Waals surface area contributed by atoms with Crippen LogP contribution in [0.5, 0.6) is 0 Å². The van der Waals surface area contributed by atoms with Crippen LogP contribution in [0.15, 0.2) is 61.1 Å². The third-order valence-electron chi connectivity index (χ3n) is 4.98. The molecule has 0 radical (unpaired) electrons. The summed E-state index contributed by atoms with van der Waals surface area (Å²) in [5, 5.41) is 9.71. The third-order valence-corrected chi connectivity index (χ3v) is 6.36. The van der Waals surface area contributed by atoms with Crippen LogP contribution in [0.25, 0.3) is 11.0 Å². The van der Waals surface area contributed by atoms with E-state index in [0.717, 1.165) is 17.8 Å². The van der Waals surface area contributed by atoms with Crippen LogP contribution in [0, 0.1) is 11.6 Å². The molecule has 2 heterocycles. The molecule has 0 fully saturated rings. The number of fused-ring (bicyclic) bond motifs is 1. The van der Waals surface area contributed by atoms with Crippen molar-refractivity contribution in [2.75, 3.05) is 10.6 Å². The molecular formula is C22H20F2N6O2S. The van der Waals surface area contributed by atoms with Gasteiger partial charge in [0.15, 0.2) is 5.82 Å². The molecule has 0 amide bonds. The highest BCUT2D eigenvalue weighted by Gasteiger charge is 2.27. The van der Waals surface area contributed by atoms with Crippen LogP contribution in [0.4, 0.5) is 31.7 Å². The fourth-order valence-corrected chi connectivity index (χ4v) is 4.44. The number of primary sulfonamides is 1. The number of benzene rings is 2. The van der Waals surface area contributed by atoms with E-state index in [0.29, 0.717) is 22.5 Å². The number of nitrogens with zero attached hydrogens (tertiary/aromatic N) is 3. The van der Waals surface area contributed by atoms with Crippen LogP contribution in [-0.4, -0.2) is 23.4 Å². The van der Waals surface area contributed by atoms with Gasteiger partial charge in [0, 0.05) is 17.4 Å². The highest BCUT2D eigenvalue weighted by Crippen LogP contribution is 2.33. The second-order valence-electron chi connectivity index (χ2n) is 7.26. The van der Waals surface area contributed by atoms with Crippen molar-refractivity contribution in [1.82, 2.24) is 15.0 Å². The number of pyridine rings is 1. The molecule has 0 bridgehead atoms. The van der Waals surface area contributed by atoms with Crippen molar-refractivity contribution in [1.29, 1.82) is 0 Å². The van der Waals surface area contributed by atoms with Crippen LogP contribution >= 0.6 is 0 Å². The first-order valence-corrected chi connectivity index (χ1v) is 11.6. The van der Waals surface area contributed by atoms with Crippen molar-refractivity contribution in [2.45, 2.75) is 18.6 Å². The van der Waals surface area contributed by atoms with E-state index < -0.39 is 32.6 Å². The lowest BCUT2D eigenvalue weighted by atomic mass is 10.1. The fourth-order valence-electron chi connectivity index (χ4n) is 3.44. The number of anilines is 4. The Balaban J connectivity index is 1.68. The summed E-state index contributed by atoms with van der Waals surface area (Å²) in [5.74, 6) is -1.43. The molecule has 0 saturated heterocycles. The second kappa shape index (κ2) is 9.04. The smallest absolute Gasteiger partial charge is 0.216 e. The zero-order chi connectivity index (χ0) is 23.6. The Morgan fingerprint density at radius 1 is 1.03 bits per heavy atom. The van der Waals surface area contributed by atoms with Crippen LogP contribution in [0.3, 0.4) is 0 Å². The zero-order valence-corrected chi connectivity index (χ0v) is 18.3. The molecule has 11 heteroatoms. The van der Waals surface area contributed by atoms with Crippen LogP contribution in [-0.2, 0) is 10.0 Å². The Morgan fingerprint density at radius 2 is 1.85 bits per heavy atom. The molecule has 2 aromatic heterocycles. The maximum absolute atomic E-state index is 15.1. The molecule has 0 saturated carbocycles. The monoisotopic (exact) mass is 470 g/mol. The average molecular weight is 471 g/mol. The second-order valence-corrected chi connectivity index (χ2v) is 9.01. The Morgan fingerprint density at radius 3 is 2.55 bits per heavy atom. The van der Waals surface area contributed by atoms with Crippen molar-refractivity contribution in [2.24, 2.45) is 5.14 Å². The lowest BCUT2D eigenvalue weighted by Gasteiger charge is -2.17. The van der Waals surface area contributed by atoms with E-state index >= 15 is 4.39 Å². The third kappa shape index (κ3) is 4.89. The van der Waals surface area contributed by atoms with Crippen LogP contribution < -0.4 is 15.8 Å². The summed E-state index contributed by atoms with van der Waals surface area (Å²) >= 11 is 0. The highest BCUT2D eigenvalue weighted by molar-refractivity contribution is 7.89. The van der Waals surface area contributed by atoms with Gasteiger partial charge in [-0.2, -0.15) is 0 Å². The number of sulfonamides is 1. The van der Waals surface area contributed by atoms with Gasteiger partial charge in [0.1, 0.15) is 22.6 Å². The molecule has 1 unspecified atom stereocenters. The van der Waals surface area contributed by atoms with Gasteiger partial charge < -0.3 is 10.6 Å². The predicted molar refractivity (Wildman–Crippen MR) is 123 cm³/mol. The molecule has 0 spiro atoms. The van der Waals surface area contributed by atoms with E-state index in [4.69, 9.17) is 5.14 Å². The van der Waals surface area contributed by atoms with E-state index in [2.05, 4.69) is 25.6 Å². The van der Waals surface area contributed by atoms with Crippen LogP contribution in [0.1, 0.15) is 24.2 Å². The van der Waals surface area contributed by atoms with Gasteiger partial charge in [-0.1, -0.05) is 13.0 Å². The molecule has 0 aliphatic heterocycles. The van der Waals surface area contributed by atoms with Crippen molar-refractivity contribution in [3.8, 4) is 0 Å². The van der Waals surface area contributed by atoms with Crippen molar-refractivity contribution in [3.63, 3.8) is 0 Å². The summed E-state index contributed by atoms with van der Waals surface area (Å²) in [5.41, 5.74) is 1.43. The summed E-state index contributed by atoms with van der Waals surface area (Å²) in [6.07, 6.45) is 4.88. The molecule has 4 rings (SSSR count). The van der Waals surface area contributed by atoms with Gasteiger partial charge in [0.2, 0.25) is 10.0 Å². The molecule has 0 aliphatic rings. The number of halogens is 2. The van der Waals surface area contributed by atoms with Crippen molar-refractivity contribution < 1.29 is 17.2 Å². The number of hydrogen-bond acceptors (Lipinski definition) is 7. The van der Waals surface area contributed by atoms with Gasteiger partial charge in [-0.3, -0.25) is 9.97 Å². The largest absolute Gasteiger partial charge is 0.351 e. The van der Waals surface area contributed by atoms with Crippen LogP contribution in [0.2, 0.25) is 0 Å². The van der Waals surface area contributed by atoms with E-state index in [-0.39, 0.29) is 12.0 Å². The predicted octanol–water partition coefficient (Wildman–Crippen LogP) is 4.53. The minimum absolute atomic E-state index is 0.0408. The summed E-state index contributed by atoms with van der Waals surface area (Å²) in [6, 6.07) is 10.5. The van der Waals surface area contributed by atoms with E-state index in [1.54, 1.807) is 49.8 Å². The Labute approximate surface area is 189 Å². The maximum atomic E-state index is 15.1. The molecule has 8 nitrogen and oxygen atoms in total. The first kappa shape index (κ1) is 22.5. The van der Waals surface area contributed by atoms with E-state index in [9.17, 15) is 12.8 Å². The number of hydrogen-bond donors (Lipinski definition) is 3. The van der Waals surface area contributed by atoms with Gasteiger partial charge >= 0.3 is 0 Å². The molecule has 4 N–H and O–H groups in total. The first-order valence-electron chi connectivity index (χ1n) is 9.96. The average Bonchev–Trinajstić information content (AvgIpc) is 2.78. The molecule has 4 aromatic rings. The van der Waals surface area contributed by atoms with Gasteiger partial charge in [-0.05, 0) is 42.8 Å². The molecule has 0 aliphatic carbocycles. The van der Waals surface area contributed by atoms with Gasteiger partial charge in [-0.25, -0.2) is 27.3 Å². The summed E-state index contributed by atoms with van der Waals surface area (Å²) < 4.78 is 53.3. The minimum Gasteiger partial charge on any atom is -0.351 e. The van der Waals surface area contributed by atoms with E-state index in [1.807, 2.05) is 6.07 Å². The quantitative estimate of drug-likeness (QED) is 0.363. The Hall–Kier alpha value is -3.70. The topological polar surface area (TPSA) is 123 Å². The van der Waals surface area contributed by atoms with Crippen molar-refractivity contribution >= 4 is 43.9 Å². The first-order chi connectivity index (χ1) is 15.8. The maximum Gasteiger partial charge on any atom is 0.216 e. The van der Waals surface area contributed by atoms with Gasteiger partial charge in [0.05, 0.1) is 29.1 Å². The highest BCUT2D eigenvalue weighted by atomic mass is 32.2. The standard InChI is InChI=1S/C22H20F2N6O2S/c1-2-19(33(25,31)32)15-6-7-16(23)22(21(15)24)29-13-5-8-17-18(10-13)30-20(12-27-17)28-14-4-3-9-26-11-14/h3-12,19,29H,2H2,1H3,(H,28,30)(H2,25,31,32). The normalized spacial score (nSPS) is 12.5. The van der Waals surface area contributed by atoms with Gasteiger partial charge in [0.25, 0.3) is 0 Å². The SMILES string of the molecule is CCC(c1ccc(F)c(Nc2ccc3ncc(Nc4cccnc4)nc3c2)c1F)S(N)(=O)=O. The number of nitrogens with one attached hydrogen (secondary N) is 2. The lowest BCUT2D eigenvalue weighted by molar-refractivity contribution is 0.556. The summed E-state index contributed by atoms with van der Waals surface area (Å²) in [4.78, 5) is 12.8. The molecule has 33 heavy (non-hydrogen) atoms. The Bertz CT molecular complexity index is 1420. The number of nitrogens with two attached hydrogens (primary N) is 1. The molecular weight excluding hydrogens is 450 g/mol. The molecule has 170 valence electrons. The molecule has 2 aromatic carbocycles. The fraction of sp³-hybridized carbons (Fsp3) is 0.136. The Kier molecular flexibility index (Phi) is 6.16. The zero-order valence-electron chi connectivity index (χ0n) is 17.5.